The van der Waals surface area contributed by atoms with Crippen molar-refractivity contribution in [3.63, 3.8) is 0 Å². The van der Waals surface area contributed by atoms with Gasteiger partial charge in [0.1, 0.15) is 0 Å². The van der Waals surface area contributed by atoms with Crippen molar-refractivity contribution in [1.29, 1.82) is 0 Å². The molecule has 4 heteroatoms. The van der Waals surface area contributed by atoms with Crippen LogP contribution in [-0.2, 0) is 4.79 Å². The summed E-state index contributed by atoms with van der Waals surface area (Å²) >= 11 is 1.92. The lowest BCUT2D eigenvalue weighted by atomic mass is 9.72. The lowest BCUT2D eigenvalue weighted by Crippen LogP contribution is -2.62. The van der Waals surface area contributed by atoms with E-state index in [9.17, 15) is 4.79 Å². The van der Waals surface area contributed by atoms with Gasteiger partial charge in [-0.05, 0) is 37.7 Å². The summed E-state index contributed by atoms with van der Waals surface area (Å²) in [5, 5.41) is 0. The van der Waals surface area contributed by atoms with Gasteiger partial charge >= 0.3 is 0 Å². The minimum Gasteiger partial charge on any atom is -0.472 e. The highest BCUT2D eigenvalue weighted by atomic mass is 32.2. The first kappa shape index (κ1) is 12.8. The molecule has 3 fully saturated rings. The topological polar surface area (TPSA) is 33.5 Å². The van der Waals surface area contributed by atoms with E-state index in [-0.39, 0.29) is 11.5 Å². The quantitative estimate of drug-likeness (QED) is 0.794. The molecule has 1 amide bonds. The Labute approximate surface area is 124 Å². The Bertz CT molecular complexity index is 509. The predicted molar refractivity (Wildman–Crippen MR) is 79.5 cm³/mol. The zero-order valence-corrected chi connectivity index (χ0v) is 12.7. The van der Waals surface area contributed by atoms with Gasteiger partial charge in [-0.1, -0.05) is 6.92 Å². The van der Waals surface area contributed by atoms with Crippen LogP contribution in [0.4, 0.5) is 0 Å². The van der Waals surface area contributed by atoms with Crippen molar-refractivity contribution in [2.75, 3.05) is 11.5 Å². The highest BCUT2D eigenvalue weighted by Crippen LogP contribution is 2.52. The van der Waals surface area contributed by atoms with E-state index in [1.807, 2.05) is 24.1 Å². The minimum atomic E-state index is -0.0276. The average molecular weight is 291 g/mol. The maximum absolute atomic E-state index is 13.1. The van der Waals surface area contributed by atoms with Crippen molar-refractivity contribution in [2.24, 2.45) is 11.3 Å². The minimum absolute atomic E-state index is 0.0276. The zero-order valence-electron chi connectivity index (χ0n) is 11.9. The number of fused-ring (bicyclic) bond motifs is 1. The number of hydrogen-bond donors (Lipinski definition) is 0. The summed E-state index contributed by atoms with van der Waals surface area (Å²) in [6.45, 7) is 2.31. The molecular weight excluding hydrogens is 270 g/mol. The van der Waals surface area contributed by atoms with Crippen LogP contribution in [0.3, 0.4) is 0 Å². The molecule has 0 bridgehead atoms. The first-order chi connectivity index (χ1) is 9.71. The molecule has 3 aliphatic heterocycles. The van der Waals surface area contributed by atoms with Crippen LogP contribution in [0.5, 0.6) is 0 Å². The Kier molecular flexibility index (Phi) is 2.92. The summed E-state index contributed by atoms with van der Waals surface area (Å²) in [6, 6.07) is 2.71. The van der Waals surface area contributed by atoms with Crippen LogP contribution in [0, 0.1) is 11.3 Å². The molecule has 3 atom stereocenters. The molecule has 0 aliphatic carbocycles. The molecule has 1 aromatic heterocycles. The molecule has 0 radical (unpaired) electrons. The highest BCUT2D eigenvalue weighted by molar-refractivity contribution is 8.00. The number of carbonyl (C=O) groups is 1. The molecule has 0 N–H and O–H groups in total. The standard InChI is InChI=1S/C16H21NO2S/c1-11-2-3-14(12-5-7-19-8-12)17-13(11)4-6-16(15(17)18)9-20-10-16/h5,7-8,11,13-14H,2-4,6,9-10H2,1H3/t11-,13+,14+/m1/s1. The third kappa shape index (κ3) is 1.70. The van der Waals surface area contributed by atoms with Crippen molar-refractivity contribution < 1.29 is 9.21 Å². The first-order valence-corrected chi connectivity index (χ1v) is 8.79. The van der Waals surface area contributed by atoms with Crippen molar-refractivity contribution >= 4 is 17.7 Å². The average Bonchev–Trinajstić information content (AvgIpc) is 2.92. The summed E-state index contributed by atoms with van der Waals surface area (Å²) in [5.41, 5.74) is 1.15. The fourth-order valence-electron chi connectivity index (χ4n) is 4.19. The van der Waals surface area contributed by atoms with E-state index in [0.717, 1.165) is 24.3 Å². The lowest BCUT2D eigenvalue weighted by molar-refractivity contribution is -0.157. The fraction of sp³-hybridized carbons (Fsp3) is 0.688. The molecular formula is C16H21NO2S. The second-order valence-electron chi connectivity index (χ2n) is 6.72. The van der Waals surface area contributed by atoms with E-state index >= 15 is 0 Å². The van der Waals surface area contributed by atoms with E-state index in [1.54, 1.807) is 6.26 Å². The maximum Gasteiger partial charge on any atom is 0.231 e. The number of hydrogen-bond acceptors (Lipinski definition) is 3. The number of furan rings is 1. The number of rotatable bonds is 1. The lowest BCUT2D eigenvalue weighted by Gasteiger charge is -2.55. The molecule has 3 nitrogen and oxygen atoms in total. The predicted octanol–water partition coefficient (Wildman–Crippen LogP) is 3.47. The molecule has 1 spiro atoms. The van der Waals surface area contributed by atoms with Crippen molar-refractivity contribution in [1.82, 2.24) is 4.90 Å². The van der Waals surface area contributed by atoms with Crippen LogP contribution in [-0.4, -0.2) is 28.4 Å². The third-order valence-electron chi connectivity index (χ3n) is 5.54. The summed E-state index contributed by atoms with van der Waals surface area (Å²) in [5.74, 6) is 3.11. The molecule has 0 aromatic carbocycles. The van der Waals surface area contributed by atoms with Crippen LogP contribution < -0.4 is 0 Å². The monoisotopic (exact) mass is 291 g/mol. The van der Waals surface area contributed by atoms with Crippen molar-refractivity contribution in [3.8, 4) is 0 Å². The number of nitrogens with zero attached hydrogens (tertiary/aromatic N) is 1. The van der Waals surface area contributed by atoms with Crippen molar-refractivity contribution in [2.45, 2.75) is 44.7 Å². The van der Waals surface area contributed by atoms with Gasteiger partial charge in [0, 0.05) is 23.1 Å². The molecule has 3 saturated heterocycles. The van der Waals surface area contributed by atoms with E-state index in [2.05, 4.69) is 11.8 Å². The molecule has 0 unspecified atom stereocenters. The van der Waals surface area contributed by atoms with Crippen LogP contribution >= 0.6 is 11.8 Å². The molecule has 0 saturated carbocycles. The smallest absolute Gasteiger partial charge is 0.231 e. The summed E-state index contributed by atoms with van der Waals surface area (Å²) in [7, 11) is 0. The molecule has 3 aliphatic rings. The van der Waals surface area contributed by atoms with E-state index in [4.69, 9.17) is 4.42 Å². The Morgan fingerprint density at radius 2 is 2.20 bits per heavy atom. The second-order valence-corrected chi connectivity index (χ2v) is 7.70. The molecule has 1 aromatic rings. The summed E-state index contributed by atoms with van der Waals surface area (Å²) in [6.07, 6.45) is 8.12. The van der Waals surface area contributed by atoms with E-state index in [0.29, 0.717) is 17.9 Å². The molecule has 4 heterocycles. The molecule has 4 rings (SSSR count). The third-order valence-corrected chi connectivity index (χ3v) is 7.05. The van der Waals surface area contributed by atoms with Gasteiger partial charge in [-0.25, -0.2) is 0 Å². The maximum atomic E-state index is 13.1. The van der Waals surface area contributed by atoms with Crippen molar-refractivity contribution in [3.05, 3.63) is 24.2 Å². The number of thioether (sulfide) groups is 1. The van der Waals surface area contributed by atoms with Gasteiger partial charge in [0.05, 0.1) is 24.0 Å². The van der Waals surface area contributed by atoms with Crippen LogP contribution in [0.25, 0.3) is 0 Å². The largest absolute Gasteiger partial charge is 0.472 e. The molecule has 20 heavy (non-hydrogen) atoms. The summed E-state index contributed by atoms with van der Waals surface area (Å²) < 4.78 is 5.26. The number of amides is 1. The van der Waals surface area contributed by atoms with Gasteiger partial charge in [0.2, 0.25) is 5.91 Å². The van der Waals surface area contributed by atoms with E-state index in [1.165, 1.54) is 18.4 Å². The number of carbonyl (C=O) groups excluding carboxylic acids is 1. The normalized spacial score (nSPS) is 35.8. The second kappa shape index (κ2) is 4.55. The van der Waals surface area contributed by atoms with Gasteiger partial charge in [-0.2, -0.15) is 11.8 Å². The Morgan fingerprint density at radius 3 is 2.85 bits per heavy atom. The first-order valence-electron chi connectivity index (χ1n) is 7.64. The fourth-order valence-corrected chi connectivity index (χ4v) is 5.42. The van der Waals surface area contributed by atoms with Gasteiger partial charge in [0.25, 0.3) is 0 Å². The Hall–Kier alpha value is -0.900. The SMILES string of the molecule is C[C@@H]1CC[C@@H](c2ccoc2)N2C(=O)C3(CC[C@@H]12)CSC3. The van der Waals surface area contributed by atoms with Gasteiger partial charge in [-0.3, -0.25) is 4.79 Å². The summed E-state index contributed by atoms with van der Waals surface area (Å²) in [4.78, 5) is 15.3. The van der Waals surface area contributed by atoms with Gasteiger partial charge < -0.3 is 9.32 Å². The zero-order chi connectivity index (χ0) is 13.7. The van der Waals surface area contributed by atoms with Crippen LogP contribution in [0.2, 0.25) is 0 Å². The van der Waals surface area contributed by atoms with Gasteiger partial charge in [0.15, 0.2) is 0 Å². The van der Waals surface area contributed by atoms with E-state index < -0.39 is 0 Å². The van der Waals surface area contributed by atoms with Crippen LogP contribution in [0.15, 0.2) is 23.0 Å². The molecule has 108 valence electrons. The van der Waals surface area contributed by atoms with Gasteiger partial charge in [-0.15, -0.1) is 0 Å². The number of piperidine rings is 2. The Morgan fingerprint density at radius 1 is 1.35 bits per heavy atom. The van der Waals surface area contributed by atoms with Crippen LogP contribution in [0.1, 0.15) is 44.2 Å². The highest BCUT2D eigenvalue weighted by Gasteiger charge is 2.54. The Balaban J connectivity index is 1.69.